The number of halogens is 1. The van der Waals surface area contributed by atoms with Gasteiger partial charge in [0.2, 0.25) is 0 Å². The van der Waals surface area contributed by atoms with Crippen molar-refractivity contribution in [3.05, 3.63) is 58.6 Å². The Morgan fingerprint density at radius 2 is 1.88 bits per heavy atom. The topological polar surface area (TPSA) is 49.3 Å². The molecule has 17 heavy (non-hydrogen) atoms. The summed E-state index contributed by atoms with van der Waals surface area (Å²) in [4.78, 5) is 11.9. The number of phenols is 1. The third kappa shape index (κ3) is 2.85. The molecule has 0 aliphatic heterocycles. The molecule has 0 spiro atoms. The van der Waals surface area contributed by atoms with E-state index in [1.165, 1.54) is 12.1 Å². The van der Waals surface area contributed by atoms with E-state index in [1.807, 2.05) is 18.2 Å². The molecular weight excluding hydrogens is 282 g/mol. The average Bonchev–Trinajstić information content (AvgIpc) is 2.32. The molecule has 2 aromatic carbocycles. The molecule has 3 nitrogen and oxygen atoms in total. The predicted molar refractivity (Wildman–Crippen MR) is 70.2 cm³/mol. The largest absolute Gasteiger partial charge is 0.508 e. The van der Waals surface area contributed by atoms with E-state index in [0.717, 1.165) is 4.47 Å². The SMILES string of the molecule is O=C(Nc1ccccc1Br)c1cccc(O)c1. The zero-order valence-electron chi connectivity index (χ0n) is 8.85. The van der Waals surface area contributed by atoms with Gasteiger partial charge < -0.3 is 10.4 Å². The number of para-hydroxylation sites is 1. The second-order valence-corrected chi connectivity index (χ2v) is 4.34. The van der Waals surface area contributed by atoms with Crippen molar-refractivity contribution in [1.82, 2.24) is 0 Å². The van der Waals surface area contributed by atoms with Crippen molar-refractivity contribution in [2.24, 2.45) is 0 Å². The Labute approximate surface area is 107 Å². The molecule has 0 saturated carbocycles. The quantitative estimate of drug-likeness (QED) is 0.891. The first-order valence-electron chi connectivity index (χ1n) is 5.02. The first-order chi connectivity index (χ1) is 8.16. The lowest BCUT2D eigenvalue weighted by Crippen LogP contribution is -2.11. The van der Waals surface area contributed by atoms with Crippen LogP contribution in [0.1, 0.15) is 10.4 Å². The highest BCUT2D eigenvalue weighted by Gasteiger charge is 2.07. The van der Waals surface area contributed by atoms with Gasteiger partial charge in [0.1, 0.15) is 5.75 Å². The molecule has 0 fully saturated rings. The van der Waals surface area contributed by atoms with E-state index in [1.54, 1.807) is 18.2 Å². The Bertz CT molecular complexity index is 555. The number of benzene rings is 2. The monoisotopic (exact) mass is 291 g/mol. The van der Waals surface area contributed by atoms with Crippen molar-refractivity contribution in [1.29, 1.82) is 0 Å². The van der Waals surface area contributed by atoms with E-state index < -0.39 is 0 Å². The minimum Gasteiger partial charge on any atom is -0.508 e. The molecule has 0 saturated heterocycles. The number of hydrogen-bond donors (Lipinski definition) is 2. The standard InChI is InChI=1S/C13H10BrNO2/c14-11-6-1-2-7-12(11)15-13(17)9-4-3-5-10(16)8-9/h1-8,16H,(H,15,17). The summed E-state index contributed by atoms with van der Waals surface area (Å²) in [7, 11) is 0. The van der Waals surface area contributed by atoms with Gasteiger partial charge in [0, 0.05) is 10.0 Å². The lowest BCUT2D eigenvalue weighted by atomic mass is 10.2. The van der Waals surface area contributed by atoms with Crippen LogP contribution < -0.4 is 5.32 Å². The molecule has 1 amide bonds. The first kappa shape index (κ1) is 11.7. The van der Waals surface area contributed by atoms with Gasteiger partial charge in [-0.05, 0) is 46.3 Å². The van der Waals surface area contributed by atoms with Crippen LogP contribution in [0.2, 0.25) is 0 Å². The van der Waals surface area contributed by atoms with Crippen molar-refractivity contribution in [2.45, 2.75) is 0 Å². The molecule has 0 unspecified atom stereocenters. The van der Waals surface area contributed by atoms with E-state index in [2.05, 4.69) is 21.2 Å². The molecule has 0 atom stereocenters. The lowest BCUT2D eigenvalue weighted by Gasteiger charge is -2.07. The fourth-order valence-electron chi connectivity index (χ4n) is 1.40. The number of hydrogen-bond acceptors (Lipinski definition) is 2. The highest BCUT2D eigenvalue weighted by atomic mass is 79.9. The summed E-state index contributed by atoms with van der Waals surface area (Å²) in [5.41, 5.74) is 1.11. The van der Waals surface area contributed by atoms with Crippen molar-refractivity contribution >= 4 is 27.5 Å². The van der Waals surface area contributed by atoms with E-state index in [9.17, 15) is 9.90 Å². The zero-order chi connectivity index (χ0) is 12.3. The molecule has 86 valence electrons. The van der Waals surface area contributed by atoms with Crippen LogP contribution in [0.5, 0.6) is 5.75 Å². The van der Waals surface area contributed by atoms with Crippen LogP contribution in [-0.2, 0) is 0 Å². The minimum atomic E-state index is -0.257. The van der Waals surface area contributed by atoms with Gasteiger partial charge in [-0.3, -0.25) is 4.79 Å². The van der Waals surface area contributed by atoms with E-state index in [4.69, 9.17) is 0 Å². The van der Waals surface area contributed by atoms with Gasteiger partial charge in [0.15, 0.2) is 0 Å². The molecule has 0 heterocycles. The van der Waals surface area contributed by atoms with Crippen LogP contribution in [0.25, 0.3) is 0 Å². The van der Waals surface area contributed by atoms with E-state index in [0.29, 0.717) is 11.3 Å². The van der Waals surface area contributed by atoms with Crippen LogP contribution in [0.4, 0.5) is 5.69 Å². The maximum atomic E-state index is 11.9. The maximum Gasteiger partial charge on any atom is 0.255 e. The third-order valence-corrected chi connectivity index (χ3v) is 2.92. The Morgan fingerprint density at radius 1 is 1.12 bits per heavy atom. The molecule has 4 heteroatoms. The van der Waals surface area contributed by atoms with Crippen molar-refractivity contribution in [3.8, 4) is 5.75 Å². The van der Waals surface area contributed by atoms with Crippen molar-refractivity contribution in [2.75, 3.05) is 5.32 Å². The highest BCUT2D eigenvalue weighted by molar-refractivity contribution is 9.10. The predicted octanol–water partition coefficient (Wildman–Crippen LogP) is 3.41. The summed E-state index contributed by atoms with van der Waals surface area (Å²) < 4.78 is 0.813. The first-order valence-corrected chi connectivity index (χ1v) is 5.81. The molecular formula is C13H10BrNO2. The van der Waals surface area contributed by atoms with Gasteiger partial charge in [-0.15, -0.1) is 0 Å². The van der Waals surface area contributed by atoms with Crippen molar-refractivity contribution < 1.29 is 9.90 Å². The van der Waals surface area contributed by atoms with Crippen LogP contribution in [-0.4, -0.2) is 11.0 Å². The van der Waals surface area contributed by atoms with Crippen LogP contribution in [0.15, 0.2) is 53.0 Å². The molecule has 2 N–H and O–H groups in total. The van der Waals surface area contributed by atoms with Crippen LogP contribution in [0.3, 0.4) is 0 Å². The molecule has 2 aromatic rings. The maximum absolute atomic E-state index is 11.9. The highest BCUT2D eigenvalue weighted by Crippen LogP contribution is 2.22. The number of amides is 1. The molecule has 2 rings (SSSR count). The normalized spacial score (nSPS) is 9.94. The number of carbonyl (C=O) groups is 1. The summed E-state index contributed by atoms with van der Waals surface area (Å²) in [6.07, 6.45) is 0. The summed E-state index contributed by atoms with van der Waals surface area (Å²) in [5, 5.41) is 12.1. The molecule has 0 aliphatic rings. The zero-order valence-corrected chi connectivity index (χ0v) is 10.4. The second-order valence-electron chi connectivity index (χ2n) is 3.48. The summed E-state index contributed by atoms with van der Waals surface area (Å²) in [5.74, 6) is -0.183. The average molecular weight is 292 g/mol. The third-order valence-electron chi connectivity index (χ3n) is 2.23. The molecule has 0 radical (unpaired) electrons. The summed E-state index contributed by atoms with van der Waals surface area (Å²) in [6, 6.07) is 13.6. The molecule has 0 aliphatic carbocycles. The number of aromatic hydroxyl groups is 1. The van der Waals surface area contributed by atoms with Crippen LogP contribution in [0, 0.1) is 0 Å². The molecule has 0 bridgehead atoms. The van der Waals surface area contributed by atoms with E-state index >= 15 is 0 Å². The van der Waals surface area contributed by atoms with Gasteiger partial charge in [0.25, 0.3) is 5.91 Å². The smallest absolute Gasteiger partial charge is 0.255 e. The number of phenolic OH excluding ortho intramolecular Hbond substituents is 1. The van der Waals surface area contributed by atoms with Gasteiger partial charge in [-0.25, -0.2) is 0 Å². The van der Waals surface area contributed by atoms with Gasteiger partial charge >= 0.3 is 0 Å². The summed E-state index contributed by atoms with van der Waals surface area (Å²) in [6.45, 7) is 0. The van der Waals surface area contributed by atoms with Gasteiger partial charge in [-0.2, -0.15) is 0 Å². The number of carbonyl (C=O) groups excluding carboxylic acids is 1. The summed E-state index contributed by atoms with van der Waals surface area (Å²) >= 11 is 3.35. The van der Waals surface area contributed by atoms with E-state index in [-0.39, 0.29) is 11.7 Å². The number of anilines is 1. The second kappa shape index (κ2) is 5.01. The Hall–Kier alpha value is -1.81. The Balaban J connectivity index is 2.20. The lowest BCUT2D eigenvalue weighted by molar-refractivity contribution is 0.102. The fraction of sp³-hybridized carbons (Fsp3) is 0. The van der Waals surface area contributed by atoms with Gasteiger partial charge in [0.05, 0.1) is 5.69 Å². The molecule has 0 aromatic heterocycles. The Morgan fingerprint density at radius 3 is 2.59 bits per heavy atom. The number of nitrogens with one attached hydrogen (secondary N) is 1. The Kier molecular flexibility index (Phi) is 3.44. The van der Waals surface area contributed by atoms with Crippen molar-refractivity contribution in [3.63, 3.8) is 0 Å². The number of rotatable bonds is 2. The minimum absolute atomic E-state index is 0.0739. The fourth-order valence-corrected chi connectivity index (χ4v) is 1.79. The van der Waals surface area contributed by atoms with Gasteiger partial charge in [-0.1, -0.05) is 18.2 Å². The van der Waals surface area contributed by atoms with Crippen LogP contribution >= 0.6 is 15.9 Å².